The lowest BCUT2D eigenvalue weighted by molar-refractivity contribution is 0.564. The predicted octanol–water partition coefficient (Wildman–Crippen LogP) is 9.13. The Kier molecular flexibility index (Phi) is 9.76. The maximum atomic E-state index is 2.54. The Balaban J connectivity index is 1.84. The van der Waals surface area contributed by atoms with Crippen molar-refractivity contribution in [2.45, 2.75) is 87.5 Å². The Labute approximate surface area is 247 Å². The lowest BCUT2D eigenvalue weighted by atomic mass is 10.1. The number of aryl methyl sites for hydroxylation is 8. The smallest absolute Gasteiger partial charge is 0.0125 e. The van der Waals surface area contributed by atoms with Crippen molar-refractivity contribution < 1.29 is 0 Å². The Hall–Kier alpha value is -2.26. The Morgan fingerprint density at radius 3 is 0.675 bits per heavy atom. The van der Waals surface area contributed by atoms with E-state index in [0.29, 0.717) is 17.2 Å². The van der Waals surface area contributed by atoms with E-state index >= 15 is 0 Å². The highest BCUT2D eigenvalue weighted by Gasteiger charge is 2.34. The maximum Gasteiger partial charge on any atom is -0.0125 e. The van der Waals surface area contributed by atoms with Crippen LogP contribution >= 0.6 is 15.8 Å². The van der Waals surface area contributed by atoms with Crippen LogP contribution in [0.5, 0.6) is 0 Å². The van der Waals surface area contributed by atoms with Gasteiger partial charge in [-0.15, -0.1) is 0 Å². The van der Waals surface area contributed by atoms with Gasteiger partial charge in [0.15, 0.2) is 0 Å². The normalized spacial score (nSPS) is 14.0. The summed E-state index contributed by atoms with van der Waals surface area (Å²) in [4.78, 5) is 0. The van der Waals surface area contributed by atoms with Crippen LogP contribution in [0, 0.1) is 61.3 Å². The number of benzene rings is 4. The van der Waals surface area contributed by atoms with Crippen LogP contribution < -0.4 is 21.2 Å². The van der Waals surface area contributed by atoms with E-state index in [2.05, 4.69) is 149 Å². The van der Waals surface area contributed by atoms with Crippen LogP contribution in [0.15, 0.2) is 72.8 Å². The lowest BCUT2D eigenvalue weighted by Gasteiger charge is -2.38. The first-order valence-corrected chi connectivity index (χ1v) is 17.6. The van der Waals surface area contributed by atoms with E-state index in [1.165, 1.54) is 65.7 Å². The Morgan fingerprint density at radius 2 is 0.500 bits per heavy atom. The van der Waals surface area contributed by atoms with Crippen LogP contribution in [0.3, 0.4) is 0 Å². The van der Waals surface area contributed by atoms with Gasteiger partial charge in [-0.3, -0.25) is 0 Å². The molecule has 0 aromatic heterocycles. The third-order valence-corrected chi connectivity index (χ3v) is 14.1. The average molecular weight is 567 g/mol. The molecule has 4 rings (SSSR count). The van der Waals surface area contributed by atoms with Gasteiger partial charge in [-0.1, -0.05) is 138 Å². The van der Waals surface area contributed by atoms with Crippen molar-refractivity contribution in [1.82, 2.24) is 0 Å². The van der Waals surface area contributed by atoms with E-state index in [1.807, 2.05) is 0 Å². The third kappa shape index (κ3) is 7.14. The third-order valence-electron chi connectivity index (χ3n) is 8.27. The summed E-state index contributed by atoms with van der Waals surface area (Å²) in [6.45, 7) is 25.6. The fourth-order valence-corrected chi connectivity index (χ4v) is 13.3. The van der Waals surface area contributed by atoms with Gasteiger partial charge in [0.05, 0.1) is 0 Å². The molecule has 0 fully saturated rings. The molecule has 2 atom stereocenters. The van der Waals surface area contributed by atoms with Crippen molar-refractivity contribution >= 4 is 37.1 Å². The van der Waals surface area contributed by atoms with Crippen molar-refractivity contribution in [2.24, 2.45) is 5.92 Å². The van der Waals surface area contributed by atoms with E-state index in [-0.39, 0.29) is 0 Å². The number of rotatable bonds is 8. The van der Waals surface area contributed by atoms with E-state index in [1.54, 1.807) is 0 Å². The highest BCUT2D eigenvalue weighted by Crippen LogP contribution is 2.51. The van der Waals surface area contributed by atoms with Crippen LogP contribution in [0.4, 0.5) is 0 Å². The number of hydrogen-bond donors (Lipinski definition) is 0. The van der Waals surface area contributed by atoms with E-state index < -0.39 is 15.8 Å². The quantitative estimate of drug-likeness (QED) is 0.187. The zero-order chi connectivity index (χ0) is 29.3. The lowest BCUT2D eigenvalue weighted by Crippen LogP contribution is -2.33. The zero-order valence-electron chi connectivity index (χ0n) is 26.6. The largest absolute Gasteiger partial charge is 0.0613 e. The van der Waals surface area contributed by atoms with Gasteiger partial charge in [-0.2, -0.15) is 0 Å². The SMILES string of the molecule is Cc1cc(C)cc(P(c2cc(C)cc(C)c2)C(C)C(C)C(C)P(c2cc(C)cc(C)c2)c2cc(C)cc(C)c2)c1. The Morgan fingerprint density at radius 1 is 0.325 bits per heavy atom. The second-order valence-electron chi connectivity index (χ2n) is 12.5. The van der Waals surface area contributed by atoms with Gasteiger partial charge in [-0.05, 0) is 110 Å². The molecule has 0 nitrogen and oxygen atoms in total. The summed E-state index contributed by atoms with van der Waals surface area (Å²) in [5, 5.41) is 6.08. The molecule has 0 N–H and O–H groups in total. The predicted molar refractivity (Wildman–Crippen MR) is 184 cm³/mol. The van der Waals surface area contributed by atoms with Crippen molar-refractivity contribution in [2.75, 3.05) is 0 Å². The van der Waals surface area contributed by atoms with Crippen LogP contribution in [-0.2, 0) is 0 Å². The standard InChI is InChI=1S/C38H48P2/c1-24-12-25(2)17-35(16-24)39(36-18-26(3)13-27(4)19-36)33(10)32(9)34(11)40(37-20-28(5)14-29(6)21-37)38-22-30(7)15-31(8)23-38/h12-23,32-34H,1-11H3. The maximum absolute atomic E-state index is 2.54. The van der Waals surface area contributed by atoms with E-state index in [9.17, 15) is 0 Å². The van der Waals surface area contributed by atoms with E-state index in [4.69, 9.17) is 0 Å². The minimum atomic E-state index is -0.526. The highest BCUT2D eigenvalue weighted by atomic mass is 31.1. The second-order valence-corrected chi connectivity index (χ2v) is 17.6. The van der Waals surface area contributed by atoms with Crippen LogP contribution in [0.1, 0.15) is 65.3 Å². The molecular weight excluding hydrogens is 518 g/mol. The minimum Gasteiger partial charge on any atom is -0.0613 e. The molecular formula is C38H48P2. The number of hydrogen-bond acceptors (Lipinski definition) is 0. The molecule has 0 saturated carbocycles. The summed E-state index contributed by atoms with van der Waals surface area (Å²) in [5.74, 6) is 0.542. The first kappa shape index (κ1) is 30.7. The van der Waals surface area contributed by atoms with Crippen LogP contribution in [-0.4, -0.2) is 11.3 Å². The van der Waals surface area contributed by atoms with Gasteiger partial charge in [0.2, 0.25) is 0 Å². The van der Waals surface area contributed by atoms with Gasteiger partial charge in [-0.25, -0.2) is 0 Å². The monoisotopic (exact) mass is 566 g/mol. The molecule has 0 aliphatic carbocycles. The van der Waals surface area contributed by atoms with Crippen molar-refractivity contribution in [3.63, 3.8) is 0 Å². The summed E-state index contributed by atoms with van der Waals surface area (Å²) in [7, 11) is -1.05. The summed E-state index contributed by atoms with van der Waals surface area (Å²) < 4.78 is 0. The molecule has 0 bridgehead atoms. The summed E-state index contributed by atoms with van der Waals surface area (Å²) >= 11 is 0. The molecule has 210 valence electrons. The van der Waals surface area contributed by atoms with Gasteiger partial charge in [0.25, 0.3) is 0 Å². The molecule has 2 unspecified atom stereocenters. The first-order chi connectivity index (χ1) is 18.8. The molecule has 0 aliphatic rings. The summed E-state index contributed by atoms with van der Waals surface area (Å²) in [6.07, 6.45) is 0. The van der Waals surface area contributed by atoms with Gasteiger partial charge >= 0.3 is 0 Å². The Bertz CT molecular complexity index is 1200. The molecule has 40 heavy (non-hydrogen) atoms. The fourth-order valence-electron chi connectivity index (χ4n) is 6.47. The van der Waals surface area contributed by atoms with Crippen LogP contribution in [0.25, 0.3) is 0 Å². The average Bonchev–Trinajstić information content (AvgIpc) is 2.81. The summed E-state index contributed by atoms with van der Waals surface area (Å²) in [6, 6.07) is 28.9. The summed E-state index contributed by atoms with van der Waals surface area (Å²) in [5.41, 5.74) is 12.0. The minimum absolute atomic E-state index is 0.526. The van der Waals surface area contributed by atoms with Gasteiger partial charge in [0.1, 0.15) is 0 Å². The van der Waals surface area contributed by atoms with Crippen molar-refractivity contribution in [3.8, 4) is 0 Å². The first-order valence-electron chi connectivity index (χ1n) is 14.7. The fraction of sp³-hybridized carbons (Fsp3) is 0.368. The molecule has 0 amide bonds. The van der Waals surface area contributed by atoms with Crippen molar-refractivity contribution in [1.29, 1.82) is 0 Å². The topological polar surface area (TPSA) is 0 Å². The van der Waals surface area contributed by atoms with Crippen LogP contribution in [0.2, 0.25) is 0 Å². The molecule has 0 spiro atoms. The van der Waals surface area contributed by atoms with E-state index in [0.717, 1.165) is 0 Å². The van der Waals surface area contributed by atoms with Gasteiger partial charge in [0, 0.05) is 0 Å². The molecule has 2 heteroatoms. The molecule has 0 aliphatic heterocycles. The zero-order valence-corrected chi connectivity index (χ0v) is 28.3. The second kappa shape index (κ2) is 12.7. The highest BCUT2D eigenvalue weighted by molar-refractivity contribution is 7.74. The molecule has 0 heterocycles. The molecule has 4 aromatic rings. The molecule has 0 saturated heterocycles. The van der Waals surface area contributed by atoms with Crippen molar-refractivity contribution in [3.05, 3.63) is 117 Å². The van der Waals surface area contributed by atoms with Gasteiger partial charge < -0.3 is 0 Å². The molecule has 0 radical (unpaired) electrons. The molecule has 4 aromatic carbocycles.